The van der Waals surface area contributed by atoms with Gasteiger partial charge in [0.25, 0.3) is 5.22 Å². The van der Waals surface area contributed by atoms with Gasteiger partial charge in [0.15, 0.2) is 5.58 Å². The fourth-order valence-electron chi connectivity index (χ4n) is 3.13. The molecule has 1 aliphatic rings. The van der Waals surface area contributed by atoms with E-state index in [1.165, 1.54) is 11.8 Å². The van der Waals surface area contributed by atoms with E-state index in [1.807, 2.05) is 42.5 Å². The molecule has 0 N–H and O–H groups in total. The number of halogens is 1. The van der Waals surface area contributed by atoms with Gasteiger partial charge in [-0.15, -0.1) is 10.2 Å². The molecule has 9 heteroatoms. The third-order valence-corrected chi connectivity index (χ3v) is 5.92. The van der Waals surface area contributed by atoms with Crippen LogP contribution in [0, 0.1) is 0 Å². The Hall–Kier alpha value is -2.84. The van der Waals surface area contributed by atoms with Gasteiger partial charge >= 0.3 is 0 Å². The molecule has 1 amide bonds. The number of oxazole rings is 1. The van der Waals surface area contributed by atoms with E-state index < -0.39 is 0 Å². The lowest BCUT2D eigenvalue weighted by molar-refractivity contribution is -0.129. The number of para-hydroxylation sites is 2. The molecule has 2 aromatic heterocycles. The van der Waals surface area contributed by atoms with Gasteiger partial charge in [-0.25, -0.2) is 4.98 Å². The van der Waals surface area contributed by atoms with E-state index in [1.54, 1.807) is 11.0 Å². The second kappa shape index (κ2) is 8.12. The van der Waals surface area contributed by atoms with Crippen LogP contribution < -0.4 is 0 Å². The molecule has 4 aromatic rings. The molecule has 7 nitrogen and oxygen atoms in total. The van der Waals surface area contributed by atoms with Gasteiger partial charge in [-0.2, -0.15) is 0 Å². The number of hydrogen-bond acceptors (Lipinski definition) is 7. The van der Waals surface area contributed by atoms with E-state index in [2.05, 4.69) is 15.2 Å². The van der Waals surface area contributed by atoms with Gasteiger partial charge in [-0.3, -0.25) is 4.79 Å². The van der Waals surface area contributed by atoms with Crippen LogP contribution in [0.4, 0.5) is 0 Å². The van der Waals surface area contributed by atoms with Crippen molar-refractivity contribution in [2.75, 3.05) is 5.75 Å². The first-order chi connectivity index (χ1) is 14.7. The summed E-state index contributed by atoms with van der Waals surface area (Å²) in [4.78, 5) is 19.1. The van der Waals surface area contributed by atoms with E-state index in [9.17, 15) is 4.79 Å². The first-order valence-corrected chi connectivity index (χ1v) is 10.9. The number of carbonyl (C=O) groups excluding carboxylic acids is 1. The summed E-state index contributed by atoms with van der Waals surface area (Å²) in [6, 6.07) is 15.0. The van der Waals surface area contributed by atoms with Crippen LogP contribution in [-0.4, -0.2) is 37.8 Å². The van der Waals surface area contributed by atoms with Gasteiger partial charge in [0.2, 0.25) is 17.7 Å². The second-order valence-electron chi connectivity index (χ2n) is 6.97. The van der Waals surface area contributed by atoms with Crippen molar-refractivity contribution in [2.45, 2.75) is 30.7 Å². The fourth-order valence-corrected chi connectivity index (χ4v) is 4.07. The zero-order valence-electron chi connectivity index (χ0n) is 15.8. The molecule has 0 spiro atoms. The first kappa shape index (κ1) is 19.1. The third-order valence-electron chi connectivity index (χ3n) is 4.78. The molecule has 30 heavy (non-hydrogen) atoms. The Balaban J connectivity index is 1.26. The number of thioether (sulfide) groups is 1. The van der Waals surface area contributed by atoms with Crippen LogP contribution in [0.2, 0.25) is 5.02 Å². The molecular formula is C21H17ClN4O3S. The maximum Gasteiger partial charge on any atom is 0.257 e. The van der Waals surface area contributed by atoms with Crippen LogP contribution in [-0.2, 0) is 11.3 Å². The average molecular weight is 441 g/mol. The van der Waals surface area contributed by atoms with Gasteiger partial charge in [0.05, 0.1) is 22.9 Å². The lowest BCUT2D eigenvalue weighted by Gasteiger charge is -2.19. The number of rotatable bonds is 7. The lowest BCUT2D eigenvalue weighted by atomic mass is 10.2. The summed E-state index contributed by atoms with van der Waals surface area (Å²) in [5, 5.41) is 9.22. The number of hydrogen-bond donors (Lipinski definition) is 0. The Morgan fingerprint density at radius 3 is 2.70 bits per heavy atom. The summed E-state index contributed by atoms with van der Waals surface area (Å²) >= 11 is 7.49. The van der Waals surface area contributed by atoms with Crippen molar-refractivity contribution in [1.82, 2.24) is 20.1 Å². The summed E-state index contributed by atoms with van der Waals surface area (Å²) in [5.41, 5.74) is 2.17. The second-order valence-corrected chi connectivity index (χ2v) is 8.30. The SMILES string of the molecule is O=C(CSc1nc2ccccc2o1)N(Cc1nnc(-c2ccccc2Cl)o1)C1CC1. The highest BCUT2D eigenvalue weighted by atomic mass is 35.5. The van der Waals surface area contributed by atoms with Crippen LogP contribution in [0.25, 0.3) is 22.6 Å². The monoisotopic (exact) mass is 440 g/mol. The predicted molar refractivity (Wildman–Crippen MR) is 113 cm³/mol. The van der Waals surface area contributed by atoms with E-state index in [0.29, 0.717) is 33.2 Å². The number of aromatic nitrogens is 3. The van der Waals surface area contributed by atoms with Crippen LogP contribution in [0.15, 0.2) is 62.6 Å². The highest BCUT2D eigenvalue weighted by Gasteiger charge is 2.34. The highest BCUT2D eigenvalue weighted by molar-refractivity contribution is 7.99. The molecule has 5 rings (SSSR count). The maximum absolute atomic E-state index is 12.9. The van der Waals surface area contributed by atoms with Crippen LogP contribution in [0.5, 0.6) is 0 Å². The zero-order chi connectivity index (χ0) is 20.5. The summed E-state index contributed by atoms with van der Waals surface area (Å²) in [6.07, 6.45) is 1.95. The molecule has 152 valence electrons. The van der Waals surface area contributed by atoms with E-state index in [0.717, 1.165) is 18.4 Å². The van der Waals surface area contributed by atoms with E-state index in [-0.39, 0.29) is 24.2 Å². The number of fused-ring (bicyclic) bond motifs is 1. The molecule has 2 aromatic carbocycles. The Morgan fingerprint density at radius 1 is 1.10 bits per heavy atom. The normalized spacial score (nSPS) is 13.6. The Morgan fingerprint density at radius 2 is 1.90 bits per heavy atom. The standard InChI is InChI=1S/C21H17ClN4O3S/c22-15-6-2-1-5-14(15)20-25-24-18(29-20)11-26(13-9-10-13)19(27)12-30-21-23-16-7-3-4-8-17(16)28-21/h1-8,13H,9-12H2. The van der Waals surface area contributed by atoms with E-state index >= 15 is 0 Å². The molecule has 1 aliphatic carbocycles. The molecule has 0 unspecified atom stereocenters. The average Bonchev–Trinajstić information content (AvgIpc) is 3.34. The fraction of sp³-hybridized carbons (Fsp3) is 0.238. The molecule has 0 atom stereocenters. The number of benzene rings is 2. The first-order valence-electron chi connectivity index (χ1n) is 9.52. The van der Waals surface area contributed by atoms with Crippen molar-refractivity contribution in [1.29, 1.82) is 0 Å². The zero-order valence-corrected chi connectivity index (χ0v) is 17.4. The molecule has 2 heterocycles. The van der Waals surface area contributed by atoms with Crippen molar-refractivity contribution >= 4 is 40.4 Å². The molecule has 1 saturated carbocycles. The van der Waals surface area contributed by atoms with Crippen LogP contribution in [0.1, 0.15) is 18.7 Å². The largest absolute Gasteiger partial charge is 0.431 e. The van der Waals surface area contributed by atoms with Crippen molar-refractivity contribution < 1.29 is 13.6 Å². The third kappa shape index (κ3) is 4.06. The summed E-state index contributed by atoms with van der Waals surface area (Å²) in [7, 11) is 0. The molecule has 0 aliphatic heterocycles. The Kier molecular flexibility index (Phi) is 5.18. The van der Waals surface area contributed by atoms with Crippen molar-refractivity contribution in [3.8, 4) is 11.5 Å². The quantitative estimate of drug-likeness (QED) is 0.381. The molecule has 0 bridgehead atoms. The summed E-state index contributed by atoms with van der Waals surface area (Å²) in [6.45, 7) is 0.273. The molecule has 0 radical (unpaired) electrons. The topological polar surface area (TPSA) is 85.3 Å². The Bertz CT molecular complexity index is 1170. The van der Waals surface area contributed by atoms with Gasteiger partial charge in [0.1, 0.15) is 5.52 Å². The smallest absolute Gasteiger partial charge is 0.257 e. The molecule has 1 fully saturated rings. The number of nitrogens with zero attached hydrogens (tertiary/aromatic N) is 4. The number of carbonyl (C=O) groups is 1. The minimum Gasteiger partial charge on any atom is -0.431 e. The van der Waals surface area contributed by atoms with Crippen molar-refractivity contribution in [3.05, 3.63) is 59.4 Å². The number of amides is 1. The van der Waals surface area contributed by atoms with Gasteiger partial charge in [-0.05, 0) is 37.1 Å². The van der Waals surface area contributed by atoms with E-state index in [4.69, 9.17) is 20.4 Å². The van der Waals surface area contributed by atoms with Gasteiger partial charge < -0.3 is 13.7 Å². The Labute approximate surface area is 181 Å². The minimum atomic E-state index is -0.0118. The maximum atomic E-state index is 12.9. The molecular weight excluding hydrogens is 424 g/mol. The summed E-state index contributed by atoms with van der Waals surface area (Å²) in [5.74, 6) is 0.952. The lowest BCUT2D eigenvalue weighted by Crippen LogP contribution is -2.34. The summed E-state index contributed by atoms with van der Waals surface area (Å²) < 4.78 is 11.5. The minimum absolute atomic E-state index is 0.0118. The van der Waals surface area contributed by atoms with Crippen LogP contribution >= 0.6 is 23.4 Å². The highest BCUT2D eigenvalue weighted by Crippen LogP contribution is 2.31. The van der Waals surface area contributed by atoms with Gasteiger partial charge in [-0.1, -0.05) is 47.6 Å². The van der Waals surface area contributed by atoms with Gasteiger partial charge in [0, 0.05) is 6.04 Å². The predicted octanol–water partition coefficient (Wildman–Crippen LogP) is 4.81. The van der Waals surface area contributed by atoms with Crippen LogP contribution in [0.3, 0.4) is 0 Å². The van der Waals surface area contributed by atoms with Crippen molar-refractivity contribution in [3.63, 3.8) is 0 Å². The van der Waals surface area contributed by atoms with Crippen molar-refractivity contribution in [2.24, 2.45) is 0 Å². The molecule has 0 saturated heterocycles.